The number of amides is 3. The highest BCUT2D eigenvalue weighted by Crippen LogP contribution is 2.37. The maximum atomic E-state index is 14.0. The Bertz CT molecular complexity index is 1680. The third kappa shape index (κ3) is 6.28. The van der Waals surface area contributed by atoms with E-state index in [0.29, 0.717) is 54.8 Å². The van der Waals surface area contributed by atoms with Crippen LogP contribution in [-0.2, 0) is 20.7 Å². The summed E-state index contributed by atoms with van der Waals surface area (Å²) in [4.78, 5) is 53.4. The van der Waals surface area contributed by atoms with Gasteiger partial charge in [-0.2, -0.15) is 0 Å². The minimum Gasteiger partial charge on any atom is -0.466 e. The first-order valence-electron chi connectivity index (χ1n) is 14.4. The van der Waals surface area contributed by atoms with Gasteiger partial charge in [0.1, 0.15) is 11.9 Å². The van der Waals surface area contributed by atoms with Crippen LogP contribution >= 0.6 is 22.9 Å². The molecule has 3 aromatic rings. The van der Waals surface area contributed by atoms with Gasteiger partial charge in [0.25, 0.3) is 0 Å². The summed E-state index contributed by atoms with van der Waals surface area (Å²) in [5.74, 6) is -0.680. The Morgan fingerprint density at radius 1 is 1.18 bits per heavy atom. The highest BCUT2D eigenvalue weighted by molar-refractivity contribution is 7.11. The molecule has 234 valence electrons. The second-order valence-corrected chi connectivity index (χ2v) is 12.2. The molecule has 2 fully saturated rings. The Kier molecular flexibility index (Phi) is 8.83. The number of amidine groups is 1. The van der Waals surface area contributed by atoms with Crippen LogP contribution in [0.4, 0.5) is 14.9 Å². The van der Waals surface area contributed by atoms with Gasteiger partial charge in [0, 0.05) is 73.3 Å². The number of benzene rings is 2. The molecule has 0 unspecified atom stereocenters. The lowest BCUT2D eigenvalue weighted by molar-refractivity contribution is -0.136. The number of hydrogen-bond donors (Lipinski definition) is 2. The van der Waals surface area contributed by atoms with E-state index in [1.54, 1.807) is 18.1 Å². The number of nitrogens with one attached hydrogen (secondary N) is 2. The third-order valence-corrected chi connectivity index (χ3v) is 9.24. The van der Waals surface area contributed by atoms with Gasteiger partial charge in [0.05, 0.1) is 25.1 Å². The Balaban J connectivity index is 1.25. The topological polar surface area (TPSA) is 119 Å². The second-order valence-electron chi connectivity index (χ2n) is 10.9. The molecule has 0 aliphatic carbocycles. The van der Waals surface area contributed by atoms with Crippen LogP contribution < -0.4 is 15.5 Å². The Hall–Kier alpha value is -4.33. The number of thiazole rings is 1. The van der Waals surface area contributed by atoms with Crippen molar-refractivity contribution < 1.29 is 23.5 Å². The summed E-state index contributed by atoms with van der Waals surface area (Å²) in [6.45, 7) is 2.50. The summed E-state index contributed by atoms with van der Waals surface area (Å²) in [7, 11) is 2.90. The maximum absolute atomic E-state index is 14.0. The van der Waals surface area contributed by atoms with Gasteiger partial charge in [0.2, 0.25) is 5.91 Å². The summed E-state index contributed by atoms with van der Waals surface area (Å²) in [5, 5.41) is 8.54. The van der Waals surface area contributed by atoms with E-state index in [1.807, 2.05) is 34.5 Å². The van der Waals surface area contributed by atoms with Crippen LogP contribution in [-0.4, -0.2) is 91.5 Å². The zero-order chi connectivity index (χ0) is 31.7. The number of rotatable bonds is 8. The van der Waals surface area contributed by atoms with E-state index in [2.05, 4.69) is 20.5 Å². The van der Waals surface area contributed by atoms with Gasteiger partial charge in [-0.15, -0.1) is 11.3 Å². The van der Waals surface area contributed by atoms with Crippen molar-refractivity contribution in [1.29, 1.82) is 0 Å². The van der Waals surface area contributed by atoms with Crippen molar-refractivity contribution in [2.75, 3.05) is 51.8 Å². The van der Waals surface area contributed by atoms with E-state index in [1.165, 1.54) is 36.6 Å². The number of likely N-dealkylation sites (N-methyl/N-ethyl adjacent to an activating group) is 1. The molecule has 4 heterocycles. The zero-order valence-corrected chi connectivity index (χ0v) is 26.2. The number of carbonyl (C=O) groups excluding carboxylic acids is 3. The molecular weight excluding hydrogens is 621 g/mol. The monoisotopic (exact) mass is 651 g/mol. The summed E-state index contributed by atoms with van der Waals surface area (Å²) in [6.07, 6.45) is 1.94. The summed E-state index contributed by atoms with van der Waals surface area (Å²) in [5.41, 5.74) is 2.96. The molecular formula is C31H31ClFN7O4S. The van der Waals surface area contributed by atoms with Crippen LogP contribution in [0.2, 0.25) is 5.02 Å². The van der Waals surface area contributed by atoms with E-state index in [9.17, 15) is 18.8 Å². The fraction of sp³-hybridized carbons (Fsp3) is 0.323. The third-order valence-electron chi connectivity index (χ3n) is 8.13. The first-order chi connectivity index (χ1) is 21.7. The van der Waals surface area contributed by atoms with Gasteiger partial charge >= 0.3 is 12.0 Å². The number of carbonyl (C=O) groups is 3. The largest absolute Gasteiger partial charge is 0.466 e. The molecule has 2 aromatic carbocycles. The molecule has 1 aromatic heterocycles. The summed E-state index contributed by atoms with van der Waals surface area (Å²) < 4.78 is 19.2. The SMILES string of the molecule is CNC(=O)Cc1ccc(N2C[C@@H]3CN(CC4=C(C(=O)OC)[C@H](c5ccc(F)cc5Cl)N=C(c5nccs5)N4)CCN3C2=O)cc1. The van der Waals surface area contributed by atoms with Gasteiger partial charge in [0.15, 0.2) is 10.8 Å². The van der Waals surface area contributed by atoms with Gasteiger partial charge in [-0.05, 0) is 29.8 Å². The van der Waals surface area contributed by atoms with Crippen LogP contribution in [0.5, 0.6) is 0 Å². The van der Waals surface area contributed by atoms with E-state index in [0.717, 1.165) is 11.3 Å². The number of nitrogens with zero attached hydrogens (tertiary/aromatic N) is 5. The average molecular weight is 652 g/mol. The van der Waals surface area contributed by atoms with Gasteiger partial charge in [-0.25, -0.2) is 19.0 Å². The molecule has 0 spiro atoms. The van der Waals surface area contributed by atoms with Crippen LogP contribution in [0.15, 0.2) is 70.3 Å². The number of methoxy groups -OCH3 is 1. The summed E-state index contributed by atoms with van der Waals surface area (Å²) >= 11 is 7.87. The maximum Gasteiger partial charge on any atom is 0.338 e. The first kappa shape index (κ1) is 30.7. The molecule has 3 aliphatic rings. The molecule has 0 bridgehead atoms. The van der Waals surface area contributed by atoms with Crippen molar-refractivity contribution in [3.8, 4) is 0 Å². The predicted octanol–water partition coefficient (Wildman–Crippen LogP) is 3.37. The smallest absolute Gasteiger partial charge is 0.338 e. The molecule has 11 nitrogen and oxygen atoms in total. The molecule has 14 heteroatoms. The highest BCUT2D eigenvalue weighted by atomic mass is 35.5. The van der Waals surface area contributed by atoms with Gasteiger partial charge in [-0.1, -0.05) is 29.8 Å². The number of hydrogen-bond acceptors (Lipinski definition) is 9. The minimum atomic E-state index is -0.850. The van der Waals surface area contributed by atoms with Gasteiger partial charge < -0.3 is 20.3 Å². The van der Waals surface area contributed by atoms with E-state index >= 15 is 0 Å². The van der Waals surface area contributed by atoms with Crippen molar-refractivity contribution in [3.63, 3.8) is 0 Å². The number of ether oxygens (including phenoxy) is 1. The van der Waals surface area contributed by atoms with Crippen molar-refractivity contribution in [3.05, 3.63) is 92.3 Å². The number of piperazine rings is 1. The quantitative estimate of drug-likeness (QED) is 0.359. The van der Waals surface area contributed by atoms with E-state index in [-0.39, 0.29) is 35.0 Å². The zero-order valence-electron chi connectivity index (χ0n) is 24.6. The number of esters is 1. The van der Waals surface area contributed by atoms with Crippen molar-refractivity contribution in [2.24, 2.45) is 4.99 Å². The molecule has 3 amide bonds. The van der Waals surface area contributed by atoms with Crippen molar-refractivity contribution >= 4 is 52.4 Å². The number of urea groups is 1. The Morgan fingerprint density at radius 3 is 2.67 bits per heavy atom. The second kappa shape index (κ2) is 13.0. The fourth-order valence-corrected chi connectivity index (χ4v) is 6.75. The summed E-state index contributed by atoms with van der Waals surface area (Å²) in [6, 6.07) is 10.5. The van der Waals surface area contributed by atoms with Gasteiger partial charge in [-0.3, -0.25) is 19.6 Å². The van der Waals surface area contributed by atoms with Crippen LogP contribution in [0.3, 0.4) is 0 Å². The molecule has 45 heavy (non-hydrogen) atoms. The molecule has 6 rings (SSSR count). The molecule has 0 saturated carbocycles. The molecule has 3 aliphatic heterocycles. The minimum absolute atomic E-state index is 0.0619. The van der Waals surface area contributed by atoms with E-state index in [4.69, 9.17) is 21.3 Å². The lowest BCUT2D eigenvalue weighted by atomic mass is 9.95. The Labute approximate surface area is 268 Å². The number of anilines is 1. The predicted molar refractivity (Wildman–Crippen MR) is 169 cm³/mol. The molecule has 2 saturated heterocycles. The van der Waals surface area contributed by atoms with Crippen LogP contribution in [0, 0.1) is 5.82 Å². The lowest BCUT2D eigenvalue weighted by Crippen LogP contribution is -2.53. The first-order valence-corrected chi connectivity index (χ1v) is 15.6. The molecule has 2 atom stereocenters. The highest BCUT2D eigenvalue weighted by Gasteiger charge is 2.42. The fourth-order valence-electron chi connectivity index (χ4n) is 5.89. The number of fused-ring (bicyclic) bond motifs is 1. The normalized spacial score (nSPS) is 20.1. The molecule has 2 N–H and O–H groups in total. The number of aliphatic imine (C=N–C) groups is 1. The van der Waals surface area contributed by atoms with Crippen molar-refractivity contribution in [1.82, 2.24) is 25.4 Å². The lowest BCUT2D eigenvalue weighted by Gasteiger charge is -2.38. The standard InChI is InChI=1S/C31H31ClFN7O4S/c1-34-25(41)13-18-3-6-20(7-4-18)40-16-21-15-38(10-11-39(21)31(40)43)17-24-26(30(42)44-2)27(22-8-5-19(33)14-23(22)32)37-28(36-24)29-35-9-12-45-29/h3-9,12,14,21,27H,10-11,13,15-17H2,1-2H3,(H,34,41)(H,36,37)/t21-,27-/m0/s1. The van der Waals surface area contributed by atoms with E-state index < -0.39 is 17.8 Å². The Morgan fingerprint density at radius 2 is 1.98 bits per heavy atom. The molecule has 0 radical (unpaired) electrons. The van der Waals surface area contributed by atoms with Crippen LogP contribution in [0.25, 0.3) is 0 Å². The number of aromatic nitrogens is 1. The van der Waals surface area contributed by atoms with Crippen molar-refractivity contribution in [2.45, 2.75) is 18.5 Å². The average Bonchev–Trinajstić information content (AvgIpc) is 3.69. The number of halogens is 2. The van der Waals surface area contributed by atoms with Crippen LogP contribution in [0.1, 0.15) is 22.2 Å².